The van der Waals surface area contributed by atoms with Gasteiger partial charge >= 0.3 is 5.97 Å². The Balaban J connectivity index is 2.24. The summed E-state index contributed by atoms with van der Waals surface area (Å²) >= 11 is 0. The lowest BCUT2D eigenvalue weighted by molar-refractivity contribution is 0.0601. The van der Waals surface area contributed by atoms with Gasteiger partial charge in [0.15, 0.2) is 5.78 Å². The van der Waals surface area contributed by atoms with E-state index in [1.54, 1.807) is 6.92 Å². The molecule has 8 nitrogen and oxygen atoms in total. The topological polar surface area (TPSA) is 141 Å². The number of hydrogen-bond acceptors (Lipinski definition) is 8. The van der Waals surface area contributed by atoms with Crippen LogP contribution in [0.1, 0.15) is 54.7 Å². The normalized spacial score (nSPS) is 12.6. The zero-order valence-electron chi connectivity index (χ0n) is 15.9. The van der Waals surface area contributed by atoms with Crippen LogP contribution in [0.3, 0.4) is 0 Å². The number of phenols is 4. The maximum atomic E-state index is 13.1. The first-order valence-corrected chi connectivity index (χ1v) is 9.00. The minimum Gasteiger partial charge on any atom is -0.507 e. The monoisotopic (exact) mass is 408 g/mol. The van der Waals surface area contributed by atoms with E-state index in [-0.39, 0.29) is 33.9 Å². The molecule has 0 bridgehead atoms. The Bertz CT molecular complexity index is 1300. The van der Waals surface area contributed by atoms with Gasteiger partial charge in [0.1, 0.15) is 23.0 Å². The van der Waals surface area contributed by atoms with Crippen molar-refractivity contribution in [1.82, 2.24) is 0 Å². The summed E-state index contributed by atoms with van der Waals surface area (Å²) in [5, 5.41) is 41.8. The Morgan fingerprint density at radius 1 is 0.900 bits per heavy atom. The average molecular weight is 408 g/mol. The molecule has 8 heteroatoms. The summed E-state index contributed by atoms with van der Waals surface area (Å²) in [7, 11) is 1.13. The maximum Gasteiger partial charge on any atom is 0.338 e. The van der Waals surface area contributed by atoms with Crippen molar-refractivity contribution in [3.05, 3.63) is 57.6 Å². The number of benzene rings is 3. The molecule has 0 fully saturated rings. The number of ketones is 2. The number of rotatable bonds is 2. The number of carbonyl (C=O) groups is 3. The third kappa shape index (κ3) is 2.30. The van der Waals surface area contributed by atoms with Crippen molar-refractivity contribution in [2.75, 3.05) is 7.11 Å². The quantitative estimate of drug-likeness (QED) is 0.293. The highest BCUT2D eigenvalue weighted by Crippen LogP contribution is 2.50. The fourth-order valence-electron chi connectivity index (χ4n) is 3.97. The Hall–Kier alpha value is -4.07. The van der Waals surface area contributed by atoms with Gasteiger partial charge in [0.2, 0.25) is 5.78 Å². The second-order valence-corrected chi connectivity index (χ2v) is 6.83. The Morgan fingerprint density at radius 2 is 1.53 bits per heavy atom. The molecule has 0 aliphatic heterocycles. The lowest BCUT2D eigenvalue weighted by Crippen LogP contribution is -2.22. The lowest BCUT2D eigenvalue weighted by atomic mass is 9.79. The standard InChI is InChI=1S/C22H16O8/c1-3-8-7-11(24)14-15(12(8)22(29)30-2)21(28)16-17(20(14)27)19(26)13-9(18(16)25)5-4-6-10(13)23/h4-7,23-24,27-28H,3H2,1-2H3. The van der Waals surface area contributed by atoms with Gasteiger partial charge in [0, 0.05) is 10.9 Å². The van der Waals surface area contributed by atoms with Crippen LogP contribution in [0.5, 0.6) is 23.0 Å². The molecule has 4 rings (SSSR count). The Kier molecular flexibility index (Phi) is 4.16. The zero-order chi connectivity index (χ0) is 21.9. The van der Waals surface area contributed by atoms with Crippen molar-refractivity contribution >= 4 is 28.3 Å². The summed E-state index contributed by atoms with van der Waals surface area (Å²) in [5.74, 6) is -5.04. The number of aryl methyl sites for hydroxylation is 1. The fraction of sp³-hybridized carbons (Fsp3) is 0.136. The van der Waals surface area contributed by atoms with Gasteiger partial charge in [0.05, 0.1) is 34.7 Å². The summed E-state index contributed by atoms with van der Waals surface area (Å²) in [6, 6.07) is 5.11. The molecule has 30 heavy (non-hydrogen) atoms. The molecule has 0 saturated heterocycles. The summed E-state index contributed by atoms with van der Waals surface area (Å²) in [5.41, 5.74) is -1.37. The molecule has 3 aromatic carbocycles. The van der Waals surface area contributed by atoms with Crippen LogP contribution in [0.2, 0.25) is 0 Å². The lowest BCUT2D eigenvalue weighted by Gasteiger charge is -2.23. The maximum absolute atomic E-state index is 13.1. The van der Waals surface area contributed by atoms with Crippen LogP contribution in [0.4, 0.5) is 0 Å². The molecule has 3 aromatic rings. The van der Waals surface area contributed by atoms with Gasteiger partial charge in [-0.2, -0.15) is 0 Å². The molecule has 0 atom stereocenters. The van der Waals surface area contributed by atoms with Crippen molar-refractivity contribution in [1.29, 1.82) is 0 Å². The largest absolute Gasteiger partial charge is 0.507 e. The molecule has 1 aliphatic carbocycles. The second-order valence-electron chi connectivity index (χ2n) is 6.83. The summed E-state index contributed by atoms with van der Waals surface area (Å²) in [6.45, 7) is 1.70. The van der Waals surface area contributed by atoms with Crippen LogP contribution >= 0.6 is 0 Å². The van der Waals surface area contributed by atoms with E-state index in [1.165, 1.54) is 24.3 Å². The van der Waals surface area contributed by atoms with E-state index in [2.05, 4.69) is 0 Å². The van der Waals surface area contributed by atoms with Gasteiger partial charge in [0.25, 0.3) is 0 Å². The third-order valence-corrected chi connectivity index (χ3v) is 5.32. The molecular weight excluding hydrogens is 392 g/mol. The molecular formula is C22H16O8. The van der Waals surface area contributed by atoms with E-state index in [4.69, 9.17) is 4.74 Å². The Labute approximate surface area is 169 Å². The van der Waals surface area contributed by atoms with Crippen molar-refractivity contribution in [3.8, 4) is 23.0 Å². The highest BCUT2D eigenvalue weighted by Gasteiger charge is 2.39. The fourth-order valence-corrected chi connectivity index (χ4v) is 3.97. The molecule has 0 aromatic heterocycles. The van der Waals surface area contributed by atoms with Crippen LogP contribution in [-0.4, -0.2) is 45.1 Å². The van der Waals surface area contributed by atoms with E-state index in [9.17, 15) is 34.8 Å². The van der Waals surface area contributed by atoms with Crippen molar-refractivity contribution in [3.63, 3.8) is 0 Å². The predicted molar refractivity (Wildman–Crippen MR) is 105 cm³/mol. The van der Waals surface area contributed by atoms with E-state index in [0.29, 0.717) is 5.56 Å². The first-order valence-electron chi connectivity index (χ1n) is 9.00. The molecule has 0 radical (unpaired) electrons. The number of fused-ring (bicyclic) bond motifs is 3. The van der Waals surface area contributed by atoms with E-state index < -0.39 is 51.7 Å². The molecule has 4 N–H and O–H groups in total. The van der Waals surface area contributed by atoms with Gasteiger partial charge in [-0.15, -0.1) is 0 Å². The first-order chi connectivity index (χ1) is 14.2. The SMILES string of the molecule is CCc1cc(O)c2c(O)c3c(c(O)c2c1C(=O)OC)C(=O)c1cccc(O)c1C3=O. The van der Waals surface area contributed by atoms with Crippen LogP contribution in [0.15, 0.2) is 24.3 Å². The highest BCUT2D eigenvalue weighted by molar-refractivity contribution is 6.34. The van der Waals surface area contributed by atoms with Gasteiger partial charge in [-0.25, -0.2) is 4.79 Å². The Morgan fingerprint density at radius 3 is 2.17 bits per heavy atom. The molecule has 0 heterocycles. The number of esters is 1. The van der Waals surface area contributed by atoms with Gasteiger partial charge in [-0.05, 0) is 24.1 Å². The van der Waals surface area contributed by atoms with E-state index in [1.807, 2.05) is 0 Å². The molecule has 152 valence electrons. The summed E-state index contributed by atoms with van der Waals surface area (Å²) < 4.78 is 4.79. The minimum absolute atomic E-state index is 0.134. The van der Waals surface area contributed by atoms with Crippen molar-refractivity contribution < 1.29 is 39.5 Å². The number of carbonyl (C=O) groups excluding carboxylic acids is 3. The van der Waals surface area contributed by atoms with Gasteiger partial charge in [-0.1, -0.05) is 19.1 Å². The number of phenolic OH excluding ortho intramolecular Hbond substituents is 4. The van der Waals surface area contributed by atoms with Gasteiger partial charge in [-0.3, -0.25) is 9.59 Å². The third-order valence-electron chi connectivity index (χ3n) is 5.32. The van der Waals surface area contributed by atoms with Crippen molar-refractivity contribution in [2.24, 2.45) is 0 Å². The number of ether oxygens (including phenoxy) is 1. The molecule has 0 spiro atoms. The second kappa shape index (κ2) is 6.48. The van der Waals surface area contributed by atoms with Crippen LogP contribution in [-0.2, 0) is 11.2 Å². The predicted octanol–water partition coefficient (Wildman–Crippen LogP) is 2.79. The van der Waals surface area contributed by atoms with Gasteiger partial charge < -0.3 is 25.2 Å². The highest BCUT2D eigenvalue weighted by atomic mass is 16.5. The molecule has 0 saturated carbocycles. The van der Waals surface area contributed by atoms with Crippen molar-refractivity contribution in [2.45, 2.75) is 13.3 Å². The van der Waals surface area contributed by atoms with Crippen LogP contribution < -0.4 is 0 Å². The van der Waals surface area contributed by atoms with Crippen LogP contribution in [0, 0.1) is 0 Å². The minimum atomic E-state index is -0.897. The average Bonchev–Trinajstić information content (AvgIpc) is 2.72. The first kappa shape index (κ1) is 19.3. The van der Waals surface area contributed by atoms with E-state index >= 15 is 0 Å². The van der Waals surface area contributed by atoms with Crippen LogP contribution in [0.25, 0.3) is 10.8 Å². The number of methoxy groups -OCH3 is 1. The summed E-state index contributed by atoms with van der Waals surface area (Å²) in [4.78, 5) is 38.6. The number of hydrogen-bond donors (Lipinski definition) is 4. The molecule has 1 aliphatic rings. The number of aromatic hydroxyl groups is 4. The summed E-state index contributed by atoms with van der Waals surface area (Å²) in [6.07, 6.45) is 0.273. The van der Waals surface area contributed by atoms with E-state index in [0.717, 1.165) is 7.11 Å². The smallest absolute Gasteiger partial charge is 0.338 e. The molecule has 0 unspecified atom stereocenters. The molecule has 0 amide bonds. The zero-order valence-corrected chi connectivity index (χ0v) is 15.9.